The normalized spacial score (nSPS) is 19.6. The summed E-state index contributed by atoms with van der Waals surface area (Å²) in [5.74, 6) is 0. The van der Waals surface area contributed by atoms with Gasteiger partial charge < -0.3 is 0 Å². The lowest BCUT2D eigenvalue weighted by Crippen LogP contribution is -2.29. The second-order valence-electron chi connectivity index (χ2n) is 3.52. The molecule has 0 spiro atoms. The van der Waals surface area contributed by atoms with Crippen molar-refractivity contribution in [3.8, 4) is 0 Å². The van der Waals surface area contributed by atoms with Crippen LogP contribution in [0.4, 0.5) is 18.9 Å². The first-order chi connectivity index (χ1) is 7.81. The van der Waals surface area contributed by atoms with Gasteiger partial charge in [-0.3, -0.25) is 4.31 Å². The maximum absolute atomic E-state index is 12.3. The summed E-state index contributed by atoms with van der Waals surface area (Å²) in [6, 6.07) is 4.02. The molecule has 4 nitrogen and oxygen atoms in total. The summed E-state index contributed by atoms with van der Waals surface area (Å²) >= 11 is 0. The number of halogens is 3. The second kappa shape index (κ2) is 3.88. The van der Waals surface area contributed by atoms with E-state index >= 15 is 0 Å². The van der Waals surface area contributed by atoms with Crippen molar-refractivity contribution in [2.75, 3.05) is 17.4 Å². The Hall–Kier alpha value is -1.28. The first kappa shape index (κ1) is 12.2. The van der Waals surface area contributed by atoms with Gasteiger partial charge in [0.1, 0.15) is 0 Å². The third-order valence-electron chi connectivity index (χ3n) is 2.37. The van der Waals surface area contributed by atoms with Gasteiger partial charge in [0.2, 0.25) is 0 Å². The van der Waals surface area contributed by atoms with Crippen LogP contribution in [0.1, 0.15) is 5.56 Å². The minimum Gasteiger partial charge on any atom is -0.257 e. The van der Waals surface area contributed by atoms with Gasteiger partial charge in [-0.05, 0) is 24.3 Å². The molecule has 0 amide bonds. The highest BCUT2D eigenvalue weighted by Crippen LogP contribution is 2.31. The highest BCUT2D eigenvalue weighted by atomic mass is 32.2. The van der Waals surface area contributed by atoms with Crippen LogP contribution in [-0.4, -0.2) is 21.5 Å². The molecule has 17 heavy (non-hydrogen) atoms. The summed E-state index contributed by atoms with van der Waals surface area (Å²) in [6.45, 7) is 0.469. The number of rotatable bonds is 1. The quantitative estimate of drug-likeness (QED) is 0.834. The van der Waals surface area contributed by atoms with Crippen LogP contribution in [0, 0.1) is 0 Å². The van der Waals surface area contributed by atoms with Crippen LogP contribution in [0.5, 0.6) is 0 Å². The van der Waals surface area contributed by atoms with E-state index in [4.69, 9.17) is 0 Å². The second-order valence-corrected chi connectivity index (χ2v) is 5.20. The van der Waals surface area contributed by atoms with Crippen molar-refractivity contribution in [1.29, 1.82) is 0 Å². The number of alkyl halides is 3. The molecule has 1 saturated heterocycles. The molecule has 1 fully saturated rings. The Bertz CT molecular complexity index is 510. The fourth-order valence-corrected chi connectivity index (χ4v) is 2.79. The Balaban J connectivity index is 2.31. The summed E-state index contributed by atoms with van der Waals surface area (Å²) < 4.78 is 63.1. The van der Waals surface area contributed by atoms with Crippen molar-refractivity contribution in [1.82, 2.24) is 4.72 Å². The monoisotopic (exact) mass is 266 g/mol. The van der Waals surface area contributed by atoms with E-state index in [2.05, 4.69) is 4.72 Å². The van der Waals surface area contributed by atoms with E-state index in [0.29, 0.717) is 0 Å². The van der Waals surface area contributed by atoms with Crippen molar-refractivity contribution in [3.63, 3.8) is 0 Å². The Labute approximate surface area is 96.2 Å². The highest BCUT2D eigenvalue weighted by Gasteiger charge is 2.32. The van der Waals surface area contributed by atoms with Crippen LogP contribution in [0.25, 0.3) is 0 Å². The molecule has 0 unspecified atom stereocenters. The third-order valence-corrected chi connectivity index (χ3v) is 3.91. The van der Waals surface area contributed by atoms with Gasteiger partial charge in [0.05, 0.1) is 11.3 Å². The molecule has 1 heterocycles. The van der Waals surface area contributed by atoms with Gasteiger partial charge in [-0.25, -0.2) is 0 Å². The van der Waals surface area contributed by atoms with Gasteiger partial charge >= 0.3 is 16.4 Å². The van der Waals surface area contributed by atoms with Crippen LogP contribution in [-0.2, 0) is 16.4 Å². The van der Waals surface area contributed by atoms with Crippen LogP contribution < -0.4 is 9.03 Å². The zero-order chi connectivity index (χ0) is 12.7. The number of hydrogen-bond donors (Lipinski definition) is 1. The molecule has 0 saturated carbocycles. The van der Waals surface area contributed by atoms with Gasteiger partial charge in [-0.15, -0.1) is 0 Å². The van der Waals surface area contributed by atoms with Crippen molar-refractivity contribution in [3.05, 3.63) is 29.8 Å². The highest BCUT2D eigenvalue weighted by molar-refractivity contribution is 7.91. The molecular formula is C9H9F3N2O2S. The fourth-order valence-electron chi connectivity index (χ4n) is 1.56. The number of hydrogen-bond acceptors (Lipinski definition) is 2. The zero-order valence-corrected chi connectivity index (χ0v) is 9.35. The van der Waals surface area contributed by atoms with Gasteiger partial charge in [-0.1, -0.05) is 0 Å². The molecule has 1 aliphatic heterocycles. The maximum atomic E-state index is 12.3. The Kier molecular flexibility index (Phi) is 2.78. The predicted octanol–water partition coefficient (Wildman–Crippen LogP) is 1.36. The summed E-state index contributed by atoms with van der Waals surface area (Å²) in [5, 5.41) is 0. The lowest BCUT2D eigenvalue weighted by Gasteiger charge is -2.16. The summed E-state index contributed by atoms with van der Waals surface area (Å²) in [4.78, 5) is 0. The zero-order valence-electron chi connectivity index (χ0n) is 8.53. The van der Waals surface area contributed by atoms with E-state index in [1.165, 1.54) is 0 Å². The van der Waals surface area contributed by atoms with Gasteiger partial charge in [-0.2, -0.15) is 26.3 Å². The first-order valence-corrected chi connectivity index (χ1v) is 6.19. The van der Waals surface area contributed by atoms with E-state index in [-0.39, 0.29) is 18.8 Å². The van der Waals surface area contributed by atoms with Gasteiger partial charge in [0.15, 0.2) is 0 Å². The Morgan fingerprint density at radius 2 is 1.76 bits per heavy atom. The Morgan fingerprint density at radius 3 is 2.18 bits per heavy atom. The van der Waals surface area contributed by atoms with Crippen molar-refractivity contribution in [2.24, 2.45) is 0 Å². The first-order valence-electron chi connectivity index (χ1n) is 4.75. The molecule has 0 atom stereocenters. The number of benzene rings is 1. The van der Waals surface area contributed by atoms with E-state index in [9.17, 15) is 21.6 Å². The summed E-state index contributed by atoms with van der Waals surface area (Å²) in [6.07, 6.45) is -4.42. The molecule has 0 radical (unpaired) electrons. The van der Waals surface area contributed by atoms with E-state index in [0.717, 1.165) is 28.6 Å². The molecule has 8 heteroatoms. The minimum absolute atomic E-state index is 0.216. The lowest BCUT2D eigenvalue weighted by atomic mass is 10.2. The molecule has 0 aromatic heterocycles. The molecule has 1 aliphatic rings. The smallest absolute Gasteiger partial charge is 0.257 e. The third kappa shape index (κ3) is 2.37. The molecule has 0 bridgehead atoms. The number of nitrogens with one attached hydrogen (secondary N) is 1. The van der Waals surface area contributed by atoms with Crippen LogP contribution in [0.3, 0.4) is 0 Å². The fraction of sp³-hybridized carbons (Fsp3) is 0.333. The van der Waals surface area contributed by atoms with Gasteiger partial charge in [0, 0.05) is 13.1 Å². The molecule has 94 valence electrons. The lowest BCUT2D eigenvalue weighted by molar-refractivity contribution is -0.137. The van der Waals surface area contributed by atoms with E-state index in [1.54, 1.807) is 0 Å². The average molecular weight is 266 g/mol. The summed E-state index contributed by atoms with van der Waals surface area (Å²) in [5.41, 5.74) is -0.575. The largest absolute Gasteiger partial charge is 0.416 e. The van der Waals surface area contributed by atoms with Crippen LogP contribution in [0.2, 0.25) is 0 Å². The molecule has 0 aliphatic carbocycles. The molecule has 1 aromatic carbocycles. The predicted molar refractivity (Wildman–Crippen MR) is 55.7 cm³/mol. The summed E-state index contributed by atoms with van der Waals surface area (Å²) in [7, 11) is -3.59. The SMILES string of the molecule is O=S1(=O)NCCN1c1ccc(C(F)(F)F)cc1. The standard InChI is InChI=1S/C9H9F3N2O2S/c10-9(11,12)7-1-3-8(4-2-7)14-6-5-13-17(14,15)16/h1-4,13H,5-6H2. The topological polar surface area (TPSA) is 49.4 Å². The number of anilines is 1. The van der Waals surface area contributed by atoms with Crippen molar-refractivity contribution < 1.29 is 21.6 Å². The van der Waals surface area contributed by atoms with E-state index in [1.807, 2.05) is 0 Å². The maximum Gasteiger partial charge on any atom is 0.416 e. The Morgan fingerprint density at radius 1 is 1.18 bits per heavy atom. The van der Waals surface area contributed by atoms with E-state index < -0.39 is 21.9 Å². The van der Waals surface area contributed by atoms with Gasteiger partial charge in [0.25, 0.3) is 0 Å². The van der Waals surface area contributed by atoms with Crippen LogP contribution in [0.15, 0.2) is 24.3 Å². The average Bonchev–Trinajstić information content (AvgIpc) is 2.57. The molecular weight excluding hydrogens is 257 g/mol. The molecule has 2 rings (SSSR count). The van der Waals surface area contributed by atoms with Crippen molar-refractivity contribution >= 4 is 15.9 Å². The molecule has 1 aromatic rings. The van der Waals surface area contributed by atoms with Crippen molar-refractivity contribution in [2.45, 2.75) is 6.18 Å². The minimum atomic E-state index is -4.42. The molecule has 1 N–H and O–H groups in total. The number of nitrogens with zero attached hydrogens (tertiary/aromatic N) is 1. The van der Waals surface area contributed by atoms with Crippen LogP contribution >= 0.6 is 0 Å².